The van der Waals surface area contributed by atoms with Crippen molar-refractivity contribution >= 4 is 32.6 Å². The summed E-state index contributed by atoms with van der Waals surface area (Å²) in [4.78, 5) is 8.24. The Morgan fingerprint density at radius 2 is 1.76 bits per heavy atom. The van der Waals surface area contributed by atoms with Gasteiger partial charge in [0.2, 0.25) is 0 Å². The number of fused-ring (bicyclic) bond motifs is 1. The van der Waals surface area contributed by atoms with Crippen LogP contribution in [-0.4, -0.2) is 28.2 Å². The molecule has 4 aromatic rings. The molecule has 0 saturated heterocycles. The minimum atomic E-state index is -4.09. The highest BCUT2D eigenvalue weighted by Crippen LogP contribution is 2.37. The smallest absolute Gasteiger partial charge is 0.261 e. The molecule has 0 unspecified atom stereocenters. The first kappa shape index (κ1) is 21.3. The van der Waals surface area contributed by atoms with E-state index in [0.29, 0.717) is 22.3 Å². The summed E-state index contributed by atoms with van der Waals surface area (Å²) >= 11 is 0. The van der Waals surface area contributed by atoms with Crippen LogP contribution in [0.15, 0.2) is 53.7 Å². The van der Waals surface area contributed by atoms with Gasteiger partial charge in [0.15, 0.2) is 5.65 Å². The number of hydrogen-bond acceptors (Lipinski definition) is 6. The molecule has 1 fully saturated rings. The molecule has 1 saturated carbocycles. The summed E-state index contributed by atoms with van der Waals surface area (Å²) in [5, 5.41) is 5.23. The van der Waals surface area contributed by atoms with Crippen molar-refractivity contribution in [2.24, 2.45) is 0 Å². The molecule has 11 heteroatoms. The van der Waals surface area contributed by atoms with Crippen LogP contribution >= 0.6 is 0 Å². The number of hydrogen-bond donors (Lipinski definition) is 2. The summed E-state index contributed by atoms with van der Waals surface area (Å²) in [6.07, 6.45) is 5.51. The van der Waals surface area contributed by atoms with Crippen molar-refractivity contribution in [1.82, 2.24) is 19.7 Å². The van der Waals surface area contributed by atoms with Gasteiger partial charge >= 0.3 is 0 Å². The molecule has 2 aromatic heterocycles. The Kier molecular flexibility index (Phi) is 5.20. The third-order valence-corrected chi connectivity index (χ3v) is 7.18. The van der Waals surface area contributed by atoms with E-state index in [2.05, 4.69) is 14.7 Å². The fraction of sp³-hybridized carbons (Fsp3) is 0.227. The summed E-state index contributed by atoms with van der Waals surface area (Å²) in [6.45, 7) is 0. The van der Waals surface area contributed by atoms with Crippen LogP contribution in [0.5, 0.6) is 0 Å². The van der Waals surface area contributed by atoms with E-state index >= 15 is 0 Å². The number of rotatable bonds is 5. The predicted molar refractivity (Wildman–Crippen MR) is 120 cm³/mol. The van der Waals surface area contributed by atoms with Crippen LogP contribution in [0.1, 0.15) is 31.7 Å². The van der Waals surface area contributed by atoms with Crippen molar-refractivity contribution in [3.8, 4) is 11.3 Å². The van der Waals surface area contributed by atoms with E-state index in [-0.39, 0.29) is 22.4 Å². The highest BCUT2D eigenvalue weighted by molar-refractivity contribution is 7.92. The zero-order valence-electron chi connectivity index (χ0n) is 17.4. The van der Waals surface area contributed by atoms with Gasteiger partial charge in [0, 0.05) is 5.56 Å². The summed E-state index contributed by atoms with van der Waals surface area (Å²) in [5.41, 5.74) is 7.31. The molecule has 170 valence electrons. The number of sulfonamides is 1. The van der Waals surface area contributed by atoms with Gasteiger partial charge in [-0.3, -0.25) is 4.72 Å². The quantitative estimate of drug-likeness (QED) is 0.450. The lowest BCUT2D eigenvalue weighted by Crippen LogP contribution is -2.14. The van der Waals surface area contributed by atoms with Gasteiger partial charge in [0.1, 0.15) is 29.5 Å². The van der Waals surface area contributed by atoms with Gasteiger partial charge in [0.25, 0.3) is 10.0 Å². The van der Waals surface area contributed by atoms with Crippen LogP contribution in [0.2, 0.25) is 0 Å². The maximum atomic E-state index is 15.0. The zero-order chi connectivity index (χ0) is 23.2. The van der Waals surface area contributed by atoms with Gasteiger partial charge in [0.05, 0.1) is 22.0 Å². The van der Waals surface area contributed by atoms with E-state index in [0.717, 1.165) is 49.9 Å². The molecule has 0 aliphatic heterocycles. The van der Waals surface area contributed by atoms with Crippen molar-refractivity contribution in [3.63, 3.8) is 0 Å². The third kappa shape index (κ3) is 3.88. The topological polar surface area (TPSA) is 116 Å². The Balaban J connectivity index is 1.53. The Hall–Kier alpha value is -3.60. The summed E-state index contributed by atoms with van der Waals surface area (Å²) in [6, 6.07) is 8.49. The summed E-state index contributed by atoms with van der Waals surface area (Å²) in [7, 11) is -4.09. The molecule has 0 bridgehead atoms. The number of aromatic nitrogens is 4. The highest BCUT2D eigenvalue weighted by atomic mass is 32.2. The standard InChI is InChI=1S/C22H20F2N6O2S/c23-14-6-8-16(9-7-14)33(31,32)29-18-10-5-13(11-17(18)24)20-19-21(25)26-12-27-22(19)30(28-20)15-3-1-2-4-15/h5-12,15,29H,1-4H2,(H2,25,26,27). The molecule has 0 spiro atoms. The minimum Gasteiger partial charge on any atom is -0.383 e. The lowest BCUT2D eigenvalue weighted by Gasteiger charge is -2.10. The summed E-state index contributed by atoms with van der Waals surface area (Å²) < 4.78 is 57.2. The van der Waals surface area contributed by atoms with Crippen molar-refractivity contribution in [1.29, 1.82) is 0 Å². The van der Waals surface area contributed by atoms with Crippen LogP contribution in [0.3, 0.4) is 0 Å². The Morgan fingerprint density at radius 1 is 1.03 bits per heavy atom. The van der Waals surface area contributed by atoms with Gasteiger partial charge < -0.3 is 5.73 Å². The molecular weight excluding hydrogens is 450 g/mol. The monoisotopic (exact) mass is 470 g/mol. The minimum absolute atomic E-state index is 0.182. The number of benzene rings is 2. The molecule has 1 aliphatic carbocycles. The lowest BCUT2D eigenvalue weighted by atomic mass is 10.1. The van der Waals surface area contributed by atoms with Crippen LogP contribution < -0.4 is 10.5 Å². The fourth-order valence-electron chi connectivity index (χ4n) is 4.16. The van der Waals surface area contributed by atoms with Crippen molar-refractivity contribution < 1.29 is 17.2 Å². The van der Waals surface area contributed by atoms with Gasteiger partial charge in [-0.25, -0.2) is 31.8 Å². The molecule has 0 atom stereocenters. The van der Waals surface area contributed by atoms with Gasteiger partial charge in [-0.2, -0.15) is 5.10 Å². The first-order valence-electron chi connectivity index (χ1n) is 10.4. The average Bonchev–Trinajstić information content (AvgIpc) is 3.44. The molecule has 2 aromatic carbocycles. The molecule has 8 nitrogen and oxygen atoms in total. The van der Waals surface area contributed by atoms with E-state index in [9.17, 15) is 17.2 Å². The second-order valence-electron chi connectivity index (χ2n) is 7.94. The molecule has 0 radical (unpaired) electrons. The van der Waals surface area contributed by atoms with Crippen LogP contribution in [0, 0.1) is 11.6 Å². The van der Waals surface area contributed by atoms with E-state index in [1.807, 2.05) is 4.68 Å². The number of nitrogens with one attached hydrogen (secondary N) is 1. The SMILES string of the molecule is Nc1ncnc2c1c(-c1ccc(NS(=O)(=O)c3ccc(F)cc3)c(F)c1)nn2C1CCCC1. The maximum absolute atomic E-state index is 15.0. The molecule has 3 N–H and O–H groups in total. The largest absolute Gasteiger partial charge is 0.383 e. The van der Waals surface area contributed by atoms with Crippen molar-refractivity contribution in [3.05, 3.63) is 60.4 Å². The first-order chi connectivity index (χ1) is 15.8. The first-order valence-corrected chi connectivity index (χ1v) is 11.9. The molecule has 33 heavy (non-hydrogen) atoms. The highest BCUT2D eigenvalue weighted by Gasteiger charge is 2.25. The number of nitrogens with zero attached hydrogens (tertiary/aromatic N) is 4. The lowest BCUT2D eigenvalue weighted by molar-refractivity contribution is 0.479. The fourth-order valence-corrected chi connectivity index (χ4v) is 5.23. The molecule has 1 aliphatic rings. The third-order valence-electron chi connectivity index (χ3n) is 5.80. The van der Waals surface area contributed by atoms with Crippen molar-refractivity contribution in [2.75, 3.05) is 10.5 Å². The molecule has 5 rings (SSSR count). The maximum Gasteiger partial charge on any atom is 0.261 e. The number of halogens is 2. The average molecular weight is 471 g/mol. The number of nitrogen functional groups attached to an aromatic ring is 1. The van der Waals surface area contributed by atoms with Crippen molar-refractivity contribution in [2.45, 2.75) is 36.6 Å². The normalized spacial score (nSPS) is 14.7. The zero-order valence-corrected chi connectivity index (χ0v) is 18.2. The Bertz CT molecular complexity index is 1450. The van der Waals surface area contributed by atoms with Gasteiger partial charge in [-0.05, 0) is 49.2 Å². The summed E-state index contributed by atoms with van der Waals surface area (Å²) in [5.74, 6) is -1.13. The van der Waals surface area contributed by atoms with Crippen LogP contribution in [0.4, 0.5) is 20.3 Å². The number of anilines is 2. The predicted octanol–water partition coefficient (Wildman–Crippen LogP) is 4.27. The van der Waals surface area contributed by atoms with E-state index in [4.69, 9.17) is 10.8 Å². The van der Waals surface area contributed by atoms with Crippen LogP contribution in [0.25, 0.3) is 22.3 Å². The van der Waals surface area contributed by atoms with E-state index in [1.54, 1.807) is 6.07 Å². The Labute approximate surface area is 188 Å². The second kappa shape index (κ2) is 8.07. The Morgan fingerprint density at radius 3 is 2.45 bits per heavy atom. The van der Waals surface area contributed by atoms with E-state index < -0.39 is 21.7 Å². The second-order valence-corrected chi connectivity index (χ2v) is 9.63. The van der Waals surface area contributed by atoms with Crippen LogP contribution in [-0.2, 0) is 10.0 Å². The van der Waals surface area contributed by atoms with Gasteiger partial charge in [-0.15, -0.1) is 0 Å². The number of nitrogens with two attached hydrogens (primary N) is 1. The van der Waals surface area contributed by atoms with Gasteiger partial charge in [-0.1, -0.05) is 18.9 Å². The molecule has 0 amide bonds. The molecule has 2 heterocycles. The van der Waals surface area contributed by atoms with E-state index in [1.165, 1.54) is 18.5 Å². The molecular formula is C22H20F2N6O2S.